The van der Waals surface area contributed by atoms with Crippen LogP contribution in [0.3, 0.4) is 0 Å². The van der Waals surface area contributed by atoms with Crippen molar-refractivity contribution in [3.05, 3.63) is 89.7 Å². The number of para-hydroxylation sites is 1. The predicted molar refractivity (Wildman–Crippen MR) is 124 cm³/mol. The third-order valence-corrected chi connectivity index (χ3v) is 7.28. The molecule has 0 saturated heterocycles. The van der Waals surface area contributed by atoms with Gasteiger partial charge in [-0.05, 0) is 35.7 Å². The number of sulfone groups is 1. The van der Waals surface area contributed by atoms with E-state index in [1.165, 1.54) is 16.2 Å². The van der Waals surface area contributed by atoms with Crippen molar-refractivity contribution in [2.45, 2.75) is 19.2 Å². The van der Waals surface area contributed by atoms with Gasteiger partial charge in [-0.2, -0.15) is 0 Å². The highest BCUT2D eigenvalue weighted by Crippen LogP contribution is 2.31. The number of aromatic nitrogens is 2. The van der Waals surface area contributed by atoms with Crippen molar-refractivity contribution in [2.24, 2.45) is 0 Å². The number of rotatable bonds is 7. The average Bonchev–Trinajstić information content (AvgIpc) is 3.18. The summed E-state index contributed by atoms with van der Waals surface area (Å²) in [4.78, 5) is 23.4. The van der Waals surface area contributed by atoms with Gasteiger partial charge in [0.15, 0.2) is 15.0 Å². The summed E-state index contributed by atoms with van der Waals surface area (Å²) in [5.74, 6) is -1.27. The zero-order valence-corrected chi connectivity index (χ0v) is 18.6. The lowest BCUT2D eigenvalue weighted by Gasteiger charge is -2.20. The molecule has 0 radical (unpaired) electrons. The van der Waals surface area contributed by atoms with Crippen LogP contribution in [0, 0.1) is 6.92 Å². The van der Waals surface area contributed by atoms with Crippen LogP contribution >= 0.6 is 11.3 Å². The number of hydrogen-bond donors (Lipinski definition) is 0. The van der Waals surface area contributed by atoms with Gasteiger partial charge in [-0.1, -0.05) is 59.9 Å². The molecule has 0 unspecified atom stereocenters. The van der Waals surface area contributed by atoms with Gasteiger partial charge < -0.3 is 0 Å². The molecule has 8 heteroatoms. The number of pyridine rings is 1. The van der Waals surface area contributed by atoms with E-state index in [1.807, 2.05) is 37.3 Å². The Morgan fingerprint density at radius 2 is 1.77 bits per heavy atom. The first kappa shape index (κ1) is 21.1. The first-order chi connectivity index (χ1) is 14.9. The van der Waals surface area contributed by atoms with Crippen LogP contribution in [0.2, 0.25) is 0 Å². The molecule has 4 aromatic rings. The van der Waals surface area contributed by atoms with Crippen molar-refractivity contribution >= 4 is 42.4 Å². The molecule has 2 heterocycles. The lowest BCUT2D eigenvalue weighted by molar-refractivity contribution is -0.116. The van der Waals surface area contributed by atoms with E-state index in [0.717, 1.165) is 21.3 Å². The minimum atomic E-state index is -3.65. The highest BCUT2D eigenvalue weighted by molar-refractivity contribution is 7.91. The molecule has 1 amide bonds. The summed E-state index contributed by atoms with van der Waals surface area (Å²) in [6.07, 6.45) is 3.32. The number of anilines is 1. The normalized spacial score (nSPS) is 11.5. The quantitative estimate of drug-likeness (QED) is 0.422. The fourth-order valence-corrected chi connectivity index (χ4v) is 5.67. The summed E-state index contributed by atoms with van der Waals surface area (Å²) in [5.41, 5.74) is 3.28. The van der Waals surface area contributed by atoms with Crippen LogP contribution in [0.15, 0.2) is 73.1 Å². The molecule has 0 aliphatic carbocycles. The van der Waals surface area contributed by atoms with Gasteiger partial charge in [0.2, 0.25) is 5.91 Å². The Bertz CT molecular complexity index is 1300. The molecule has 2 aromatic heterocycles. The molecule has 158 valence electrons. The van der Waals surface area contributed by atoms with Gasteiger partial charge in [0.1, 0.15) is 5.75 Å². The molecule has 0 N–H and O–H groups in total. The number of hydrogen-bond acceptors (Lipinski definition) is 6. The number of aryl methyl sites for hydroxylation is 1. The Labute approximate surface area is 185 Å². The Morgan fingerprint density at radius 1 is 1.00 bits per heavy atom. The lowest BCUT2D eigenvalue weighted by Crippen LogP contribution is -2.35. The fraction of sp³-hybridized carbons (Fsp3) is 0.174. The van der Waals surface area contributed by atoms with Crippen LogP contribution in [0.4, 0.5) is 5.13 Å². The number of benzene rings is 2. The minimum absolute atomic E-state index is 0.181. The van der Waals surface area contributed by atoms with Crippen molar-refractivity contribution in [1.82, 2.24) is 9.97 Å². The molecule has 0 bridgehead atoms. The van der Waals surface area contributed by atoms with E-state index in [1.54, 1.807) is 42.7 Å². The summed E-state index contributed by atoms with van der Waals surface area (Å²) in [6, 6.07) is 18.4. The minimum Gasteiger partial charge on any atom is -0.283 e. The first-order valence-corrected chi connectivity index (χ1v) is 12.3. The van der Waals surface area contributed by atoms with Gasteiger partial charge in [0.25, 0.3) is 0 Å². The Kier molecular flexibility index (Phi) is 6.11. The van der Waals surface area contributed by atoms with Gasteiger partial charge in [-0.3, -0.25) is 14.7 Å². The molecular formula is C23H21N3O3S2. The van der Waals surface area contributed by atoms with E-state index in [9.17, 15) is 13.2 Å². The van der Waals surface area contributed by atoms with Crippen LogP contribution in [0.25, 0.3) is 10.2 Å². The Balaban J connectivity index is 1.64. The summed E-state index contributed by atoms with van der Waals surface area (Å²) in [6.45, 7) is 2.16. The van der Waals surface area contributed by atoms with E-state index in [0.29, 0.717) is 10.7 Å². The number of nitrogens with zero attached hydrogens (tertiary/aromatic N) is 3. The van der Waals surface area contributed by atoms with E-state index < -0.39 is 21.5 Å². The summed E-state index contributed by atoms with van der Waals surface area (Å²) in [5, 5.41) is 0.480. The molecule has 2 aromatic carbocycles. The average molecular weight is 452 g/mol. The van der Waals surface area contributed by atoms with Crippen LogP contribution in [-0.2, 0) is 26.9 Å². The number of fused-ring (bicyclic) bond motifs is 1. The number of carbonyl (C=O) groups is 1. The fourth-order valence-electron chi connectivity index (χ4n) is 3.27. The highest BCUT2D eigenvalue weighted by Gasteiger charge is 2.26. The van der Waals surface area contributed by atoms with E-state index in [4.69, 9.17) is 0 Å². The van der Waals surface area contributed by atoms with Crippen LogP contribution in [0.1, 0.15) is 16.7 Å². The summed E-state index contributed by atoms with van der Waals surface area (Å²) >= 11 is 1.38. The number of amides is 1. The van der Waals surface area contributed by atoms with Crippen LogP contribution in [0.5, 0.6) is 0 Å². The first-order valence-electron chi connectivity index (χ1n) is 9.71. The standard InChI is InChI=1S/C23H21N3O3S2/c1-17-7-5-11-20-22(17)25-23(30-20)26(14-19-10-6-12-24-13-19)21(27)16-31(28,29)15-18-8-3-2-4-9-18/h2-13H,14-16H2,1H3. The molecule has 6 nitrogen and oxygen atoms in total. The second-order valence-corrected chi connectivity index (χ2v) is 10.4. The van der Waals surface area contributed by atoms with Crippen molar-refractivity contribution in [3.8, 4) is 0 Å². The SMILES string of the molecule is Cc1cccc2sc(N(Cc3cccnc3)C(=O)CS(=O)(=O)Cc3ccccc3)nc12. The maximum atomic E-state index is 13.2. The van der Waals surface area contributed by atoms with E-state index >= 15 is 0 Å². The second-order valence-electron chi connectivity index (χ2n) is 7.28. The van der Waals surface area contributed by atoms with Gasteiger partial charge in [0, 0.05) is 12.4 Å². The van der Waals surface area contributed by atoms with Gasteiger partial charge >= 0.3 is 0 Å². The number of thiazole rings is 1. The molecule has 0 atom stereocenters. The molecule has 0 fully saturated rings. The van der Waals surface area contributed by atoms with E-state index in [-0.39, 0.29) is 12.3 Å². The van der Waals surface area contributed by atoms with E-state index in [2.05, 4.69) is 9.97 Å². The molecular weight excluding hydrogens is 430 g/mol. The van der Waals surface area contributed by atoms with Gasteiger partial charge in [-0.25, -0.2) is 13.4 Å². The predicted octanol–water partition coefficient (Wildman–Crippen LogP) is 4.15. The molecule has 0 saturated carbocycles. The Hall–Kier alpha value is -3.10. The van der Waals surface area contributed by atoms with Crippen molar-refractivity contribution in [3.63, 3.8) is 0 Å². The van der Waals surface area contributed by atoms with Crippen molar-refractivity contribution < 1.29 is 13.2 Å². The molecule has 31 heavy (non-hydrogen) atoms. The third kappa shape index (κ3) is 5.15. The zero-order chi connectivity index (χ0) is 21.8. The number of carbonyl (C=O) groups excluding carboxylic acids is 1. The third-order valence-electron chi connectivity index (χ3n) is 4.78. The van der Waals surface area contributed by atoms with Crippen LogP contribution < -0.4 is 4.90 Å². The highest BCUT2D eigenvalue weighted by atomic mass is 32.2. The molecule has 0 aliphatic rings. The maximum absolute atomic E-state index is 13.2. The second kappa shape index (κ2) is 8.95. The van der Waals surface area contributed by atoms with Crippen molar-refractivity contribution in [2.75, 3.05) is 10.7 Å². The monoisotopic (exact) mass is 451 g/mol. The van der Waals surface area contributed by atoms with Crippen LogP contribution in [-0.4, -0.2) is 30.0 Å². The smallest absolute Gasteiger partial charge is 0.244 e. The Morgan fingerprint density at radius 3 is 2.48 bits per heavy atom. The lowest BCUT2D eigenvalue weighted by atomic mass is 10.2. The summed E-state index contributed by atoms with van der Waals surface area (Å²) < 4.78 is 26.4. The topological polar surface area (TPSA) is 80.2 Å². The van der Waals surface area contributed by atoms with Crippen molar-refractivity contribution in [1.29, 1.82) is 0 Å². The molecule has 0 spiro atoms. The molecule has 4 rings (SSSR count). The largest absolute Gasteiger partial charge is 0.283 e. The zero-order valence-electron chi connectivity index (χ0n) is 16.9. The van der Waals surface area contributed by atoms with Gasteiger partial charge in [0.05, 0.1) is 22.5 Å². The molecule has 0 aliphatic heterocycles. The summed E-state index contributed by atoms with van der Waals surface area (Å²) in [7, 11) is -3.65. The van der Waals surface area contributed by atoms with Gasteiger partial charge in [-0.15, -0.1) is 0 Å². The maximum Gasteiger partial charge on any atom is 0.244 e.